The molecule has 0 bridgehead atoms. The number of carbonyl (C=O) groups excluding carboxylic acids is 6. The van der Waals surface area contributed by atoms with Crippen LogP contribution in [0.2, 0.25) is 0 Å². The number of rotatable bonds is 37. The largest absolute Gasteiger partial charge is 0.477 e. The van der Waals surface area contributed by atoms with Crippen LogP contribution in [-0.2, 0) is 47.7 Å². The highest BCUT2D eigenvalue weighted by atomic mass is 32.2. The molecular formula is C64H84N6O20S2. The van der Waals surface area contributed by atoms with Crippen LogP contribution in [-0.4, -0.2) is 223 Å². The third kappa shape index (κ3) is 22.3. The van der Waals surface area contributed by atoms with Crippen LogP contribution >= 0.6 is 23.5 Å². The second-order valence-corrected chi connectivity index (χ2v) is 24.7. The molecule has 2 heterocycles. The number of aliphatic hydroxyl groups is 6. The maximum Gasteiger partial charge on any atom is 0.364 e. The molecule has 0 aliphatic carbocycles. The molecule has 6 rings (SSSR count). The topological polar surface area (TPSA) is 408 Å². The van der Waals surface area contributed by atoms with Gasteiger partial charge in [-0.25, -0.2) is 9.59 Å². The summed E-state index contributed by atoms with van der Waals surface area (Å²) in [4.78, 5) is 100. The van der Waals surface area contributed by atoms with Crippen LogP contribution < -0.4 is 31.9 Å². The number of hydrogen-bond acceptors (Lipinski definition) is 20. The molecule has 0 spiro atoms. The van der Waals surface area contributed by atoms with E-state index in [0.717, 1.165) is 36.1 Å². The number of aliphatic hydroxyl groups excluding tert-OH is 6. The summed E-state index contributed by atoms with van der Waals surface area (Å²) in [6.45, 7) is 1.65. The highest BCUT2D eigenvalue weighted by Gasteiger charge is 2.57. The monoisotopic (exact) mass is 1320 g/mol. The average Bonchev–Trinajstić information content (AvgIpc) is 0.780. The number of benzene rings is 4. The van der Waals surface area contributed by atoms with Gasteiger partial charge in [-0.1, -0.05) is 84.9 Å². The van der Waals surface area contributed by atoms with E-state index in [2.05, 4.69) is 31.9 Å². The molecule has 2 aliphatic rings. The Kier molecular flexibility index (Phi) is 29.7. The molecule has 0 saturated carbocycles. The number of carboxylic acid groups (broad SMARTS) is 2. The molecule has 2 aliphatic heterocycles. The number of unbranched alkanes of at least 4 members (excludes halogenated alkanes) is 1. The van der Waals surface area contributed by atoms with E-state index in [1.54, 1.807) is 48.5 Å². The van der Waals surface area contributed by atoms with Crippen molar-refractivity contribution in [3.8, 4) is 22.3 Å². The van der Waals surface area contributed by atoms with Gasteiger partial charge in [0.2, 0.25) is 23.6 Å². The van der Waals surface area contributed by atoms with Crippen molar-refractivity contribution in [1.29, 1.82) is 0 Å². The second-order valence-electron chi connectivity index (χ2n) is 22.2. The SMILES string of the molecule is CC(=O)NC1[C@H]([C@H](O)[C@H](O)CNC(=O)c2ccc(-c3ccccc3)cc2)O[C@@](OCCCSCCNC(=O)CCCCC(=O)NCCSCCCO[C@]2(C(=O)O)C[C@H](O)[C@@H](NC(C)=O)[C@H]([C@H](O)[C@H](O)CNC(=O)c3ccc(-c4ccccc4)cc3)O2)(C(=O)O)C[C@@H]1O. The van der Waals surface area contributed by atoms with E-state index in [4.69, 9.17) is 18.9 Å². The molecule has 4 aromatic rings. The molecule has 92 heavy (non-hydrogen) atoms. The van der Waals surface area contributed by atoms with Gasteiger partial charge in [0.25, 0.3) is 23.4 Å². The van der Waals surface area contributed by atoms with Crippen LogP contribution in [0.4, 0.5) is 0 Å². The maximum absolute atomic E-state index is 13.0. The number of hydrogen-bond donors (Lipinski definition) is 14. The quantitative estimate of drug-likeness (QED) is 0.0285. The van der Waals surface area contributed by atoms with E-state index in [-0.39, 0.29) is 49.0 Å². The molecule has 4 aromatic carbocycles. The first-order valence-corrected chi connectivity index (χ1v) is 32.6. The second kappa shape index (κ2) is 37.0. The van der Waals surface area contributed by atoms with Crippen molar-refractivity contribution >= 4 is 70.9 Å². The number of carbonyl (C=O) groups is 8. The number of nitrogens with one attached hydrogen (secondary N) is 6. The minimum atomic E-state index is -2.47. The van der Waals surface area contributed by atoms with Crippen molar-refractivity contribution in [1.82, 2.24) is 31.9 Å². The van der Waals surface area contributed by atoms with Gasteiger partial charge in [0.05, 0.1) is 49.7 Å². The third-order valence-corrected chi connectivity index (χ3v) is 17.3. The molecule has 1 unspecified atom stereocenters. The summed E-state index contributed by atoms with van der Waals surface area (Å²) in [6.07, 6.45) is -13.2. The van der Waals surface area contributed by atoms with Gasteiger partial charge in [-0.15, -0.1) is 0 Å². The molecule has 14 N–H and O–H groups in total. The van der Waals surface area contributed by atoms with Gasteiger partial charge in [0.1, 0.15) is 24.4 Å². The summed E-state index contributed by atoms with van der Waals surface area (Å²) in [5.74, 6) is -8.99. The Bertz CT molecular complexity index is 2830. The van der Waals surface area contributed by atoms with E-state index < -0.39 is 134 Å². The van der Waals surface area contributed by atoms with E-state index in [9.17, 15) is 79.2 Å². The lowest BCUT2D eigenvalue weighted by Gasteiger charge is -2.46. The third-order valence-electron chi connectivity index (χ3n) is 15.2. The lowest BCUT2D eigenvalue weighted by atomic mass is 9.88. The van der Waals surface area contributed by atoms with Crippen LogP contribution in [0, 0.1) is 0 Å². The fraction of sp³-hybridized carbons (Fsp3) is 0.500. The molecule has 0 aromatic heterocycles. The summed E-state index contributed by atoms with van der Waals surface area (Å²) >= 11 is 2.90. The van der Waals surface area contributed by atoms with Gasteiger partial charge in [0.15, 0.2) is 0 Å². The number of thioether (sulfide) groups is 2. The molecular weight excluding hydrogens is 1240 g/mol. The van der Waals surface area contributed by atoms with Gasteiger partial charge in [-0.3, -0.25) is 28.8 Å². The molecule has 28 heteroatoms. The standard InChI is InChI=1S/C64H84N6O20S2/c1-39(71)69-53-47(73)35-63(61(83)84,89-57(53)55(79)49(75)37-67-59(81)45-23-19-43(20-24-45)41-13-5-3-6-14-41)87-29-11-31-91-33-27-65-51(77)17-9-10-18-52(78)66-28-34-92-32-12-30-88-64(62(85)86)36-48(74)54(70-40(2)72)58(90-64)56(80)50(76)38-68-60(82)46-25-21-44(22-26-46)42-15-7-4-8-16-42/h3-8,13-16,19-26,47-50,53-58,73-76,79-80H,9-12,17-18,27-38H2,1-2H3,(H,65,77)(H,66,78)(H,67,81)(H,68,82)(H,69,71)(H,70,72)(H,83,84)(H,85,86)/t47-,48-,49+,50+,53+,54?,55+,56+,57+,58+,63+,64+/m0/s1. The van der Waals surface area contributed by atoms with Crippen LogP contribution in [0.25, 0.3) is 22.3 Å². The van der Waals surface area contributed by atoms with Crippen molar-refractivity contribution in [2.24, 2.45) is 0 Å². The zero-order valence-corrected chi connectivity index (χ0v) is 52.8. The first-order chi connectivity index (χ1) is 44.0. The molecule has 6 amide bonds. The van der Waals surface area contributed by atoms with Gasteiger partial charge in [-0.05, 0) is 83.7 Å². The highest BCUT2D eigenvalue weighted by molar-refractivity contribution is 7.99. The average molecular weight is 1320 g/mol. The molecule has 502 valence electrons. The fourth-order valence-electron chi connectivity index (χ4n) is 10.3. The minimum Gasteiger partial charge on any atom is -0.477 e. The van der Waals surface area contributed by atoms with E-state index >= 15 is 0 Å². The van der Waals surface area contributed by atoms with Gasteiger partial charge >= 0.3 is 11.9 Å². The fourth-order valence-corrected chi connectivity index (χ4v) is 11.9. The van der Waals surface area contributed by atoms with E-state index in [0.29, 0.717) is 61.8 Å². The Morgan fingerprint density at radius 3 is 1.18 bits per heavy atom. The Morgan fingerprint density at radius 2 is 0.848 bits per heavy atom. The number of carboxylic acids is 2. The lowest BCUT2D eigenvalue weighted by molar-refractivity contribution is -0.310. The Morgan fingerprint density at radius 1 is 0.500 bits per heavy atom. The smallest absolute Gasteiger partial charge is 0.364 e. The summed E-state index contributed by atoms with van der Waals surface area (Å²) in [5, 5.41) is 103. The van der Waals surface area contributed by atoms with Crippen molar-refractivity contribution in [2.45, 2.75) is 138 Å². The molecule has 2 fully saturated rings. The first kappa shape index (κ1) is 74.0. The Balaban J connectivity index is 0.813. The lowest BCUT2D eigenvalue weighted by Crippen LogP contribution is -2.68. The summed E-state index contributed by atoms with van der Waals surface area (Å²) < 4.78 is 23.1. The zero-order chi connectivity index (χ0) is 66.8. The van der Waals surface area contributed by atoms with Crippen molar-refractivity contribution in [3.05, 3.63) is 120 Å². The van der Waals surface area contributed by atoms with E-state index in [1.807, 2.05) is 60.7 Å². The summed E-state index contributed by atoms with van der Waals surface area (Å²) in [7, 11) is 0. The van der Waals surface area contributed by atoms with Crippen LogP contribution in [0.1, 0.15) is 85.9 Å². The Labute approximate surface area is 541 Å². The molecule has 2 saturated heterocycles. The normalized spacial score (nSPS) is 22.5. The number of amides is 6. The van der Waals surface area contributed by atoms with Gasteiger partial charge in [0, 0.05) is 88.3 Å². The summed E-state index contributed by atoms with van der Waals surface area (Å²) in [5.41, 5.74) is 4.19. The first-order valence-electron chi connectivity index (χ1n) is 30.3. The molecule has 26 nitrogen and oxygen atoms in total. The van der Waals surface area contributed by atoms with Crippen LogP contribution in [0.15, 0.2) is 109 Å². The van der Waals surface area contributed by atoms with E-state index in [1.165, 1.54) is 23.5 Å². The maximum atomic E-state index is 13.0. The van der Waals surface area contributed by atoms with Crippen molar-refractivity contribution in [3.63, 3.8) is 0 Å². The minimum absolute atomic E-state index is 0.163. The van der Waals surface area contributed by atoms with Crippen molar-refractivity contribution < 1.29 is 98.2 Å². The molecule has 12 atom stereocenters. The predicted octanol–water partition coefficient (Wildman–Crippen LogP) is 1.57. The number of aliphatic carboxylic acids is 2. The van der Waals surface area contributed by atoms with Gasteiger partial charge < -0.3 is 91.7 Å². The van der Waals surface area contributed by atoms with Crippen LogP contribution in [0.3, 0.4) is 0 Å². The Hall–Kier alpha value is -7.06. The van der Waals surface area contributed by atoms with Gasteiger partial charge in [-0.2, -0.15) is 23.5 Å². The zero-order valence-electron chi connectivity index (χ0n) is 51.2. The van der Waals surface area contributed by atoms with Crippen LogP contribution in [0.5, 0.6) is 0 Å². The molecule has 0 radical (unpaired) electrons. The number of ether oxygens (including phenoxy) is 4. The highest BCUT2D eigenvalue weighted by Crippen LogP contribution is 2.36. The summed E-state index contributed by atoms with van der Waals surface area (Å²) in [6, 6.07) is 29.7. The predicted molar refractivity (Wildman–Crippen MR) is 340 cm³/mol. The van der Waals surface area contributed by atoms with Crippen molar-refractivity contribution in [2.75, 3.05) is 62.4 Å².